The van der Waals surface area contributed by atoms with E-state index < -0.39 is 9.84 Å². The highest BCUT2D eigenvalue weighted by molar-refractivity contribution is 7.90. The lowest BCUT2D eigenvalue weighted by atomic mass is 10.0. The van der Waals surface area contributed by atoms with Gasteiger partial charge in [-0.2, -0.15) is 10.1 Å². The Morgan fingerprint density at radius 3 is 2.41 bits per heavy atom. The van der Waals surface area contributed by atoms with Crippen molar-refractivity contribution in [2.75, 3.05) is 6.26 Å². The number of hydrogen-bond acceptors (Lipinski definition) is 6. The molecule has 0 aliphatic heterocycles. The summed E-state index contributed by atoms with van der Waals surface area (Å²) in [6, 6.07) is 15.0. The van der Waals surface area contributed by atoms with Gasteiger partial charge in [0.15, 0.2) is 15.5 Å². The third kappa shape index (κ3) is 3.25. The molecule has 3 aromatic heterocycles. The zero-order valence-electron chi connectivity index (χ0n) is 18.2. The Labute approximate surface area is 185 Å². The van der Waals surface area contributed by atoms with Gasteiger partial charge in [-0.05, 0) is 37.6 Å². The van der Waals surface area contributed by atoms with Gasteiger partial charge in [0, 0.05) is 36.4 Å². The second-order valence-corrected chi connectivity index (χ2v) is 10.0. The number of rotatable bonds is 4. The highest BCUT2D eigenvalue weighted by Gasteiger charge is 2.18. The summed E-state index contributed by atoms with van der Waals surface area (Å²) in [5.74, 6) is 0.419. The average Bonchev–Trinajstić information content (AvgIpc) is 3.22. The second kappa shape index (κ2) is 7.23. The maximum Gasteiger partial charge on any atom is 0.272 e. The van der Waals surface area contributed by atoms with Gasteiger partial charge in [-0.25, -0.2) is 13.1 Å². The molecule has 3 heterocycles. The first kappa shape index (κ1) is 20.3. The van der Waals surface area contributed by atoms with Gasteiger partial charge in [0.2, 0.25) is 0 Å². The summed E-state index contributed by atoms with van der Waals surface area (Å²) in [5.41, 5.74) is 6.42. The molecule has 2 aromatic carbocycles. The normalized spacial score (nSPS) is 12.1. The van der Waals surface area contributed by atoms with Crippen LogP contribution >= 0.6 is 0 Å². The quantitative estimate of drug-likeness (QED) is 0.420. The van der Waals surface area contributed by atoms with Gasteiger partial charge in [0.1, 0.15) is 5.52 Å². The first-order chi connectivity index (χ1) is 15.2. The molecule has 0 unspecified atom stereocenters. The molecule has 0 amide bonds. The van der Waals surface area contributed by atoms with E-state index in [1.165, 1.54) is 6.26 Å². The fourth-order valence-electron chi connectivity index (χ4n) is 4.07. The zero-order chi connectivity index (χ0) is 22.6. The summed E-state index contributed by atoms with van der Waals surface area (Å²) in [6.45, 7) is 3.93. The molecule has 5 aromatic rings. The number of sulfone groups is 1. The summed E-state index contributed by atoms with van der Waals surface area (Å²) in [5, 5.41) is 14.5. The Kier molecular flexibility index (Phi) is 4.59. The smallest absolute Gasteiger partial charge is 0.272 e. The minimum atomic E-state index is -3.21. The van der Waals surface area contributed by atoms with Crippen LogP contribution in [0.5, 0.6) is 0 Å². The van der Waals surface area contributed by atoms with E-state index in [1.807, 2.05) is 61.9 Å². The van der Waals surface area contributed by atoms with E-state index in [0.29, 0.717) is 17.3 Å². The van der Waals surface area contributed by atoms with E-state index in [-0.39, 0.29) is 0 Å². The fraction of sp³-hybridized carbons (Fsp3) is 0.217. The van der Waals surface area contributed by atoms with Crippen LogP contribution in [-0.2, 0) is 23.3 Å². The van der Waals surface area contributed by atoms with Crippen molar-refractivity contribution in [3.8, 4) is 5.95 Å². The number of aromatic nitrogens is 6. The van der Waals surface area contributed by atoms with Crippen molar-refractivity contribution < 1.29 is 8.42 Å². The molecule has 0 aliphatic carbocycles. The molecule has 0 saturated heterocycles. The van der Waals surface area contributed by atoms with Crippen LogP contribution < -0.4 is 0 Å². The summed E-state index contributed by atoms with van der Waals surface area (Å²) in [4.78, 5) is 5.08. The van der Waals surface area contributed by atoms with Crippen molar-refractivity contribution >= 4 is 31.9 Å². The van der Waals surface area contributed by atoms with Gasteiger partial charge in [-0.15, -0.1) is 10.2 Å². The number of nitrogens with zero attached hydrogens (tertiary/aromatic N) is 6. The Bertz CT molecular complexity index is 1600. The second-order valence-electron chi connectivity index (χ2n) is 8.01. The van der Waals surface area contributed by atoms with Crippen molar-refractivity contribution in [3.05, 3.63) is 71.0 Å². The van der Waals surface area contributed by atoms with Crippen LogP contribution in [0.1, 0.15) is 22.5 Å². The zero-order valence-corrected chi connectivity index (χ0v) is 19.1. The molecular formula is C23H22N6O2S. The average molecular weight is 447 g/mol. The van der Waals surface area contributed by atoms with Crippen molar-refractivity contribution in [1.82, 2.24) is 29.5 Å². The number of hydrogen-bond donors (Lipinski definition) is 0. The maximum absolute atomic E-state index is 11.7. The molecule has 0 spiro atoms. The van der Waals surface area contributed by atoms with Gasteiger partial charge >= 0.3 is 0 Å². The largest absolute Gasteiger partial charge is 0.327 e. The molecule has 0 aliphatic rings. The van der Waals surface area contributed by atoms with Crippen LogP contribution in [0.2, 0.25) is 0 Å². The van der Waals surface area contributed by atoms with E-state index in [9.17, 15) is 8.42 Å². The van der Waals surface area contributed by atoms with E-state index in [4.69, 9.17) is 4.98 Å². The van der Waals surface area contributed by atoms with E-state index in [1.54, 1.807) is 16.8 Å². The molecule has 32 heavy (non-hydrogen) atoms. The first-order valence-corrected chi connectivity index (χ1v) is 12.1. The molecule has 0 fully saturated rings. The van der Waals surface area contributed by atoms with Crippen molar-refractivity contribution in [2.24, 2.45) is 7.05 Å². The van der Waals surface area contributed by atoms with E-state index >= 15 is 0 Å². The van der Waals surface area contributed by atoms with Crippen LogP contribution in [0.3, 0.4) is 0 Å². The predicted octanol–water partition coefficient (Wildman–Crippen LogP) is 3.31. The van der Waals surface area contributed by atoms with Crippen molar-refractivity contribution in [2.45, 2.75) is 25.2 Å². The highest BCUT2D eigenvalue weighted by atomic mass is 32.2. The van der Waals surface area contributed by atoms with Crippen LogP contribution in [0.25, 0.3) is 28.0 Å². The first-order valence-electron chi connectivity index (χ1n) is 10.2. The molecule has 162 valence electrons. The number of benzene rings is 2. The van der Waals surface area contributed by atoms with E-state index in [0.717, 1.165) is 44.6 Å². The molecule has 0 radical (unpaired) electrons. The van der Waals surface area contributed by atoms with Crippen LogP contribution in [-0.4, -0.2) is 44.2 Å². The number of aryl methyl sites for hydroxylation is 2. The Morgan fingerprint density at radius 1 is 0.969 bits per heavy atom. The van der Waals surface area contributed by atoms with Gasteiger partial charge in [-0.1, -0.05) is 30.3 Å². The van der Waals surface area contributed by atoms with Gasteiger partial charge in [0.05, 0.1) is 16.1 Å². The van der Waals surface area contributed by atoms with Crippen molar-refractivity contribution in [3.63, 3.8) is 0 Å². The lowest BCUT2D eigenvalue weighted by molar-refractivity contribution is 0.602. The summed E-state index contributed by atoms with van der Waals surface area (Å²) in [6.07, 6.45) is 1.84. The molecule has 8 nitrogen and oxygen atoms in total. The van der Waals surface area contributed by atoms with Gasteiger partial charge in [-0.3, -0.25) is 0 Å². The Balaban J connectivity index is 1.54. The molecule has 0 atom stereocenters. The Hall–Kier alpha value is -3.59. The minimum absolute atomic E-state index is 0.313. The van der Waals surface area contributed by atoms with Gasteiger partial charge in [0.25, 0.3) is 5.95 Å². The van der Waals surface area contributed by atoms with E-state index in [2.05, 4.69) is 15.3 Å². The van der Waals surface area contributed by atoms with Crippen molar-refractivity contribution in [1.29, 1.82) is 0 Å². The summed E-state index contributed by atoms with van der Waals surface area (Å²) >= 11 is 0. The SMILES string of the molecule is Cc1nn(-c2nnc3c4ccccc4n(C)c3n2)c(C)c1Cc1ccc(S(C)(=O)=O)cc1. The van der Waals surface area contributed by atoms with Crippen LogP contribution in [0, 0.1) is 13.8 Å². The molecule has 0 saturated carbocycles. The Morgan fingerprint density at radius 2 is 1.69 bits per heavy atom. The molecule has 0 bridgehead atoms. The lowest BCUT2D eigenvalue weighted by Crippen LogP contribution is -2.07. The number of para-hydroxylation sites is 1. The third-order valence-corrected chi connectivity index (χ3v) is 6.99. The summed E-state index contributed by atoms with van der Waals surface area (Å²) in [7, 11) is -1.25. The number of fused-ring (bicyclic) bond motifs is 3. The van der Waals surface area contributed by atoms with Crippen LogP contribution in [0.4, 0.5) is 0 Å². The monoisotopic (exact) mass is 446 g/mol. The lowest BCUT2D eigenvalue weighted by Gasteiger charge is -2.06. The maximum atomic E-state index is 11.7. The van der Waals surface area contributed by atoms with Gasteiger partial charge < -0.3 is 4.57 Å². The topological polar surface area (TPSA) is 95.6 Å². The molecule has 0 N–H and O–H groups in total. The molecule has 9 heteroatoms. The highest BCUT2D eigenvalue weighted by Crippen LogP contribution is 2.26. The third-order valence-electron chi connectivity index (χ3n) is 5.86. The summed E-state index contributed by atoms with van der Waals surface area (Å²) < 4.78 is 27.2. The molecule has 5 rings (SSSR count). The minimum Gasteiger partial charge on any atom is -0.327 e. The predicted molar refractivity (Wildman–Crippen MR) is 123 cm³/mol. The molecular weight excluding hydrogens is 424 g/mol. The van der Waals surface area contributed by atoms with Crippen LogP contribution in [0.15, 0.2) is 53.4 Å². The standard InChI is InChI=1S/C23H22N6O2S/c1-14-19(13-16-9-11-17(12-10-16)32(4,30)31)15(2)29(27-14)23-24-22-21(25-26-23)18-7-5-6-8-20(18)28(22)3/h5-12H,13H2,1-4H3. The fourth-order valence-corrected chi connectivity index (χ4v) is 4.70.